The number of anilines is 1. The van der Waals surface area contributed by atoms with Gasteiger partial charge in [-0.05, 0) is 47.5 Å². The van der Waals surface area contributed by atoms with Crippen LogP contribution in [-0.4, -0.2) is 23.5 Å². The normalized spacial score (nSPS) is 15.9. The van der Waals surface area contributed by atoms with Crippen molar-refractivity contribution in [3.63, 3.8) is 0 Å². The molecule has 0 saturated heterocycles. The Morgan fingerprint density at radius 1 is 1.42 bits per heavy atom. The summed E-state index contributed by atoms with van der Waals surface area (Å²) in [6.07, 6.45) is 5.92. The molecule has 5 heteroatoms. The fraction of sp³-hybridized carbons (Fsp3) is 0.357. The number of pyridine rings is 1. The highest BCUT2D eigenvalue weighted by atomic mass is 79.9. The number of halogens is 1. The highest BCUT2D eigenvalue weighted by molar-refractivity contribution is 9.11. The summed E-state index contributed by atoms with van der Waals surface area (Å²) in [6.45, 7) is 4.77. The summed E-state index contributed by atoms with van der Waals surface area (Å²) in [5, 5.41) is 3.32. The van der Waals surface area contributed by atoms with Crippen molar-refractivity contribution < 1.29 is 0 Å². The third-order valence-electron chi connectivity index (χ3n) is 2.87. The minimum absolute atomic E-state index is 0.360. The van der Waals surface area contributed by atoms with E-state index in [9.17, 15) is 0 Å². The van der Waals surface area contributed by atoms with Crippen LogP contribution in [0.25, 0.3) is 0 Å². The molecule has 1 aliphatic rings. The molecule has 1 aromatic rings. The fourth-order valence-corrected chi connectivity index (χ4v) is 2.49. The Morgan fingerprint density at radius 3 is 2.68 bits per heavy atom. The van der Waals surface area contributed by atoms with Gasteiger partial charge in [0, 0.05) is 35.2 Å². The van der Waals surface area contributed by atoms with Gasteiger partial charge in [-0.3, -0.25) is 0 Å². The first-order valence-electron chi connectivity index (χ1n) is 6.15. The largest absolute Gasteiger partial charge is 0.374 e. The fourth-order valence-electron chi connectivity index (χ4n) is 1.86. The lowest BCUT2D eigenvalue weighted by Crippen LogP contribution is -2.28. The van der Waals surface area contributed by atoms with Gasteiger partial charge in [0.05, 0.1) is 6.54 Å². The zero-order valence-electron chi connectivity index (χ0n) is 11.4. The molecule has 0 aromatic carbocycles. The number of aromatic nitrogens is 1. The van der Waals surface area contributed by atoms with Gasteiger partial charge >= 0.3 is 0 Å². The van der Waals surface area contributed by atoms with E-state index in [0.717, 1.165) is 28.1 Å². The van der Waals surface area contributed by atoms with Crippen LogP contribution in [0.5, 0.6) is 0 Å². The number of nitrogens with one attached hydrogen (secondary N) is 1. The summed E-state index contributed by atoms with van der Waals surface area (Å²) in [5.41, 5.74) is 7.80. The van der Waals surface area contributed by atoms with Gasteiger partial charge in [-0.25, -0.2) is 4.98 Å². The van der Waals surface area contributed by atoms with Crippen molar-refractivity contribution in [2.75, 3.05) is 18.9 Å². The Morgan fingerprint density at radius 2 is 2.16 bits per heavy atom. The molecule has 0 atom stereocenters. The summed E-state index contributed by atoms with van der Waals surface area (Å²) in [5.74, 6) is 0.829. The molecule has 19 heavy (non-hydrogen) atoms. The van der Waals surface area contributed by atoms with Crippen molar-refractivity contribution in [1.82, 2.24) is 9.88 Å². The molecule has 4 nitrogen and oxygen atoms in total. The van der Waals surface area contributed by atoms with Crippen molar-refractivity contribution >= 4 is 21.7 Å². The highest BCUT2D eigenvalue weighted by Crippen LogP contribution is 2.20. The lowest BCUT2D eigenvalue weighted by molar-refractivity contribution is 0.491. The van der Waals surface area contributed by atoms with Crippen LogP contribution in [0, 0.1) is 0 Å². The Balaban J connectivity index is 2.11. The Bertz CT molecular complexity index is 511. The number of likely N-dealkylation sites (N-methyl/N-ethyl adjacent to an activating group) is 1. The van der Waals surface area contributed by atoms with Gasteiger partial charge < -0.3 is 16.0 Å². The molecule has 1 aromatic heterocycles. The van der Waals surface area contributed by atoms with Crippen LogP contribution in [0.2, 0.25) is 0 Å². The molecular formula is C14H19BrN4. The highest BCUT2D eigenvalue weighted by Gasteiger charge is 2.14. The second-order valence-corrected chi connectivity index (χ2v) is 6.29. The van der Waals surface area contributed by atoms with E-state index >= 15 is 0 Å². The number of hydrogen-bond acceptors (Lipinski definition) is 4. The van der Waals surface area contributed by atoms with Crippen LogP contribution in [-0.2, 0) is 5.54 Å². The van der Waals surface area contributed by atoms with Crippen LogP contribution in [0.15, 0.2) is 40.8 Å². The number of rotatable bonds is 3. The monoisotopic (exact) mass is 322 g/mol. The lowest BCUT2D eigenvalue weighted by Gasteiger charge is -2.23. The molecule has 2 heterocycles. The average molecular weight is 323 g/mol. The maximum absolute atomic E-state index is 6.04. The SMILES string of the molecule is CN1C=C(Br)C=C(Nc2ccc(C(C)(C)N)cn2)C1. The maximum atomic E-state index is 6.04. The summed E-state index contributed by atoms with van der Waals surface area (Å²) in [7, 11) is 2.03. The predicted molar refractivity (Wildman–Crippen MR) is 82.8 cm³/mol. The van der Waals surface area contributed by atoms with Crippen molar-refractivity contribution in [2.45, 2.75) is 19.4 Å². The number of nitrogens with two attached hydrogens (primary N) is 1. The second kappa shape index (κ2) is 5.35. The van der Waals surface area contributed by atoms with E-state index in [1.807, 2.05) is 45.4 Å². The van der Waals surface area contributed by atoms with E-state index in [0.29, 0.717) is 0 Å². The third kappa shape index (κ3) is 3.81. The van der Waals surface area contributed by atoms with Crippen LogP contribution in [0.1, 0.15) is 19.4 Å². The van der Waals surface area contributed by atoms with Crippen molar-refractivity contribution in [2.24, 2.45) is 5.73 Å². The average Bonchev–Trinajstić information content (AvgIpc) is 2.26. The zero-order valence-corrected chi connectivity index (χ0v) is 13.0. The summed E-state index contributed by atoms with van der Waals surface area (Å²) >= 11 is 3.49. The molecule has 0 unspecified atom stereocenters. The zero-order chi connectivity index (χ0) is 14.0. The van der Waals surface area contributed by atoms with E-state index in [1.54, 1.807) is 0 Å². The smallest absolute Gasteiger partial charge is 0.130 e. The van der Waals surface area contributed by atoms with Gasteiger partial charge in [0.15, 0.2) is 0 Å². The summed E-state index contributed by atoms with van der Waals surface area (Å²) in [6, 6.07) is 3.96. The topological polar surface area (TPSA) is 54.2 Å². The molecule has 0 bridgehead atoms. The Kier molecular flexibility index (Phi) is 3.96. The van der Waals surface area contributed by atoms with E-state index in [1.165, 1.54) is 0 Å². The third-order valence-corrected chi connectivity index (χ3v) is 3.31. The molecule has 0 saturated carbocycles. The minimum Gasteiger partial charge on any atom is -0.374 e. The quantitative estimate of drug-likeness (QED) is 0.898. The first-order chi connectivity index (χ1) is 8.84. The molecule has 0 spiro atoms. The van der Waals surface area contributed by atoms with Gasteiger partial charge in [-0.1, -0.05) is 6.07 Å². The molecule has 0 amide bonds. The molecule has 0 fully saturated rings. The first-order valence-corrected chi connectivity index (χ1v) is 6.94. The van der Waals surface area contributed by atoms with Gasteiger partial charge in [-0.15, -0.1) is 0 Å². The van der Waals surface area contributed by atoms with Crippen LogP contribution >= 0.6 is 15.9 Å². The van der Waals surface area contributed by atoms with Crippen molar-refractivity contribution in [3.8, 4) is 0 Å². The summed E-state index contributed by atoms with van der Waals surface area (Å²) < 4.78 is 1.04. The molecule has 1 aliphatic heterocycles. The number of hydrogen-bond donors (Lipinski definition) is 2. The van der Waals surface area contributed by atoms with Crippen molar-refractivity contribution in [1.29, 1.82) is 0 Å². The maximum Gasteiger partial charge on any atom is 0.130 e. The summed E-state index contributed by atoms with van der Waals surface area (Å²) in [4.78, 5) is 6.51. The van der Waals surface area contributed by atoms with Gasteiger partial charge in [-0.2, -0.15) is 0 Å². The molecular weight excluding hydrogens is 304 g/mol. The minimum atomic E-state index is -0.360. The molecule has 0 aliphatic carbocycles. The van der Waals surface area contributed by atoms with Crippen LogP contribution in [0.4, 0.5) is 5.82 Å². The number of nitrogens with zero attached hydrogens (tertiary/aromatic N) is 2. The predicted octanol–water partition coefficient (Wildman–Crippen LogP) is 2.75. The standard InChI is InChI=1S/C14H19BrN4/c1-14(2,16)10-4-5-13(17-7-10)18-12-6-11(15)8-19(3)9-12/h4-8H,9,16H2,1-3H3,(H,17,18). The van der Waals surface area contributed by atoms with Gasteiger partial charge in [0.2, 0.25) is 0 Å². The first kappa shape index (κ1) is 14.1. The molecule has 2 rings (SSSR count). The molecule has 3 N–H and O–H groups in total. The van der Waals surface area contributed by atoms with Crippen LogP contribution < -0.4 is 11.1 Å². The number of allylic oxidation sites excluding steroid dienone is 2. The van der Waals surface area contributed by atoms with Crippen molar-refractivity contribution in [3.05, 3.63) is 46.3 Å². The van der Waals surface area contributed by atoms with E-state index in [4.69, 9.17) is 5.73 Å². The van der Waals surface area contributed by atoms with E-state index in [2.05, 4.69) is 37.2 Å². The molecule has 102 valence electrons. The van der Waals surface area contributed by atoms with Crippen LogP contribution in [0.3, 0.4) is 0 Å². The Hall–Kier alpha value is -1.33. The van der Waals surface area contributed by atoms with E-state index < -0.39 is 0 Å². The lowest BCUT2D eigenvalue weighted by atomic mass is 9.98. The molecule has 0 radical (unpaired) electrons. The Labute approximate surface area is 122 Å². The van der Waals surface area contributed by atoms with E-state index in [-0.39, 0.29) is 5.54 Å². The van der Waals surface area contributed by atoms with Gasteiger partial charge in [0.1, 0.15) is 5.82 Å². The van der Waals surface area contributed by atoms with Gasteiger partial charge in [0.25, 0.3) is 0 Å². The second-order valence-electron chi connectivity index (χ2n) is 5.38.